The smallest absolute Gasteiger partial charge is 0.127 e. The summed E-state index contributed by atoms with van der Waals surface area (Å²) in [4.78, 5) is 0. The first kappa shape index (κ1) is 10.3. The molecular formula is C9H8Cl2N2. The van der Waals surface area contributed by atoms with Crippen LogP contribution in [0.2, 0.25) is 10.0 Å². The van der Waals surface area contributed by atoms with Crippen molar-refractivity contribution in [1.29, 1.82) is 5.26 Å². The zero-order valence-corrected chi connectivity index (χ0v) is 8.52. The van der Waals surface area contributed by atoms with Crippen LogP contribution in [0.5, 0.6) is 0 Å². The third-order valence-corrected chi connectivity index (χ3v) is 2.49. The zero-order valence-electron chi connectivity index (χ0n) is 7.01. The predicted molar refractivity (Wildman–Crippen MR) is 53.6 cm³/mol. The lowest BCUT2D eigenvalue weighted by atomic mass is 9.95. The topological polar surface area (TPSA) is 49.8 Å². The fraction of sp³-hybridized carbons (Fsp3) is 0.222. The van der Waals surface area contributed by atoms with Crippen LogP contribution in [0.25, 0.3) is 0 Å². The van der Waals surface area contributed by atoms with Crippen molar-refractivity contribution >= 4 is 23.2 Å². The molecule has 0 aliphatic carbocycles. The van der Waals surface area contributed by atoms with Crippen LogP contribution in [0.4, 0.5) is 0 Å². The van der Waals surface area contributed by atoms with Crippen molar-refractivity contribution in [3.63, 3.8) is 0 Å². The Labute approximate surface area is 86.9 Å². The van der Waals surface area contributed by atoms with Crippen molar-refractivity contribution in [3.05, 3.63) is 33.8 Å². The van der Waals surface area contributed by atoms with Crippen molar-refractivity contribution in [2.24, 2.45) is 5.73 Å². The average Bonchev–Trinajstić information content (AvgIpc) is 2.09. The minimum Gasteiger partial charge on any atom is -0.310 e. The van der Waals surface area contributed by atoms with Gasteiger partial charge in [0.2, 0.25) is 0 Å². The highest BCUT2D eigenvalue weighted by molar-refractivity contribution is 6.42. The van der Waals surface area contributed by atoms with E-state index in [0.717, 1.165) is 0 Å². The first-order valence-electron chi connectivity index (χ1n) is 3.63. The lowest BCUT2D eigenvalue weighted by Crippen LogP contribution is -2.30. The first-order chi connectivity index (χ1) is 5.97. The minimum absolute atomic E-state index is 0.408. The van der Waals surface area contributed by atoms with Crippen LogP contribution in [0.3, 0.4) is 0 Å². The molecule has 1 unspecified atom stereocenters. The Bertz CT molecular complexity index is 366. The number of halogens is 2. The first-order valence-corrected chi connectivity index (χ1v) is 4.38. The van der Waals surface area contributed by atoms with Gasteiger partial charge in [-0.1, -0.05) is 29.3 Å². The molecule has 2 nitrogen and oxygen atoms in total. The molecule has 0 fully saturated rings. The molecule has 68 valence electrons. The highest BCUT2D eigenvalue weighted by Crippen LogP contribution is 2.26. The second kappa shape index (κ2) is 3.55. The van der Waals surface area contributed by atoms with Crippen LogP contribution in [-0.4, -0.2) is 0 Å². The molecule has 13 heavy (non-hydrogen) atoms. The Morgan fingerprint density at radius 2 is 2.00 bits per heavy atom. The second-order valence-electron chi connectivity index (χ2n) is 2.94. The highest BCUT2D eigenvalue weighted by Gasteiger charge is 2.20. The van der Waals surface area contributed by atoms with Crippen molar-refractivity contribution in [2.75, 3.05) is 0 Å². The molecule has 0 aromatic heterocycles. The summed E-state index contributed by atoms with van der Waals surface area (Å²) in [5.41, 5.74) is 5.33. The standard InChI is InChI=1S/C9H8Cl2N2/c1-9(13,5-12)6-2-3-7(10)8(11)4-6/h2-4H,13H2,1H3. The monoisotopic (exact) mass is 214 g/mol. The van der Waals surface area contributed by atoms with E-state index >= 15 is 0 Å². The molecule has 0 radical (unpaired) electrons. The Morgan fingerprint density at radius 1 is 1.38 bits per heavy atom. The molecule has 0 aliphatic heterocycles. The van der Waals surface area contributed by atoms with Crippen molar-refractivity contribution in [1.82, 2.24) is 0 Å². The summed E-state index contributed by atoms with van der Waals surface area (Å²) in [7, 11) is 0. The molecule has 0 saturated carbocycles. The quantitative estimate of drug-likeness (QED) is 0.782. The average molecular weight is 215 g/mol. The van der Waals surface area contributed by atoms with E-state index in [1.54, 1.807) is 25.1 Å². The maximum Gasteiger partial charge on any atom is 0.127 e. The van der Waals surface area contributed by atoms with Gasteiger partial charge < -0.3 is 5.73 Å². The summed E-state index contributed by atoms with van der Waals surface area (Å²) in [6.45, 7) is 1.62. The van der Waals surface area contributed by atoms with Gasteiger partial charge in [-0.05, 0) is 24.6 Å². The summed E-state index contributed by atoms with van der Waals surface area (Å²) in [6.07, 6.45) is 0. The molecule has 0 amide bonds. The Balaban J connectivity index is 3.20. The molecule has 0 aliphatic rings. The molecule has 2 N–H and O–H groups in total. The van der Waals surface area contributed by atoms with E-state index in [9.17, 15) is 0 Å². The van der Waals surface area contributed by atoms with E-state index in [4.69, 9.17) is 34.2 Å². The van der Waals surface area contributed by atoms with Gasteiger partial charge in [0.15, 0.2) is 0 Å². The van der Waals surface area contributed by atoms with Gasteiger partial charge in [0.25, 0.3) is 0 Å². The lowest BCUT2D eigenvalue weighted by Gasteiger charge is -2.15. The molecule has 1 aromatic carbocycles. The fourth-order valence-corrected chi connectivity index (χ4v) is 1.18. The number of hydrogen-bond acceptors (Lipinski definition) is 2. The molecule has 0 spiro atoms. The van der Waals surface area contributed by atoms with Crippen molar-refractivity contribution in [3.8, 4) is 6.07 Å². The molecule has 1 rings (SSSR count). The van der Waals surface area contributed by atoms with E-state index in [2.05, 4.69) is 0 Å². The largest absolute Gasteiger partial charge is 0.310 e. The summed E-state index contributed by atoms with van der Waals surface area (Å²) >= 11 is 11.5. The number of rotatable bonds is 1. The van der Waals surface area contributed by atoms with Gasteiger partial charge in [-0.3, -0.25) is 0 Å². The van der Waals surface area contributed by atoms with Gasteiger partial charge >= 0.3 is 0 Å². The Morgan fingerprint density at radius 3 is 2.46 bits per heavy atom. The Hall–Kier alpha value is -0.750. The van der Waals surface area contributed by atoms with Gasteiger partial charge in [0.05, 0.1) is 16.1 Å². The summed E-state index contributed by atoms with van der Waals surface area (Å²) < 4.78 is 0. The van der Waals surface area contributed by atoms with Crippen LogP contribution in [0.15, 0.2) is 18.2 Å². The van der Waals surface area contributed by atoms with Crippen LogP contribution >= 0.6 is 23.2 Å². The molecule has 0 bridgehead atoms. The molecule has 0 heterocycles. The molecule has 1 atom stereocenters. The van der Waals surface area contributed by atoms with E-state index in [0.29, 0.717) is 15.6 Å². The minimum atomic E-state index is -1.02. The summed E-state index contributed by atoms with van der Waals surface area (Å²) in [5, 5.41) is 9.62. The number of nitrogens with two attached hydrogens (primary N) is 1. The van der Waals surface area contributed by atoms with E-state index in [1.807, 2.05) is 6.07 Å². The van der Waals surface area contributed by atoms with Gasteiger partial charge in [0.1, 0.15) is 5.54 Å². The number of nitrogens with zero attached hydrogens (tertiary/aromatic N) is 1. The molecular weight excluding hydrogens is 207 g/mol. The van der Waals surface area contributed by atoms with Gasteiger partial charge in [-0.25, -0.2) is 0 Å². The van der Waals surface area contributed by atoms with Gasteiger partial charge in [0, 0.05) is 0 Å². The van der Waals surface area contributed by atoms with E-state index in [1.165, 1.54) is 0 Å². The fourth-order valence-electron chi connectivity index (χ4n) is 0.884. The van der Waals surface area contributed by atoms with Crippen molar-refractivity contribution < 1.29 is 0 Å². The lowest BCUT2D eigenvalue weighted by molar-refractivity contribution is 0.647. The summed E-state index contributed by atoms with van der Waals surface area (Å²) in [5.74, 6) is 0. The second-order valence-corrected chi connectivity index (χ2v) is 3.76. The van der Waals surface area contributed by atoms with Gasteiger partial charge in [-0.2, -0.15) is 5.26 Å². The normalized spacial score (nSPS) is 14.7. The Kier molecular flexibility index (Phi) is 2.82. The summed E-state index contributed by atoms with van der Waals surface area (Å²) in [6, 6.07) is 6.90. The third kappa shape index (κ3) is 2.13. The van der Waals surface area contributed by atoms with Crippen LogP contribution in [0, 0.1) is 11.3 Å². The van der Waals surface area contributed by atoms with Crippen LogP contribution in [-0.2, 0) is 5.54 Å². The van der Waals surface area contributed by atoms with Crippen LogP contribution < -0.4 is 5.73 Å². The molecule has 1 aromatic rings. The van der Waals surface area contributed by atoms with E-state index in [-0.39, 0.29) is 0 Å². The number of nitriles is 1. The highest BCUT2D eigenvalue weighted by atomic mass is 35.5. The predicted octanol–water partition coefficient (Wildman–Crippen LogP) is 2.69. The zero-order chi connectivity index (χ0) is 10.1. The number of benzene rings is 1. The SMILES string of the molecule is CC(N)(C#N)c1ccc(Cl)c(Cl)c1. The molecule has 4 heteroatoms. The van der Waals surface area contributed by atoms with Gasteiger partial charge in [-0.15, -0.1) is 0 Å². The number of hydrogen-bond donors (Lipinski definition) is 1. The van der Waals surface area contributed by atoms with Crippen LogP contribution in [0.1, 0.15) is 12.5 Å². The maximum absolute atomic E-state index is 8.76. The van der Waals surface area contributed by atoms with Crippen molar-refractivity contribution in [2.45, 2.75) is 12.5 Å². The van der Waals surface area contributed by atoms with E-state index < -0.39 is 5.54 Å². The third-order valence-electron chi connectivity index (χ3n) is 1.75. The molecule has 0 saturated heterocycles. The maximum atomic E-state index is 8.76.